The molecule has 0 radical (unpaired) electrons. The summed E-state index contributed by atoms with van der Waals surface area (Å²) in [4.78, 5) is 14.1. The lowest BCUT2D eigenvalue weighted by Gasteiger charge is -2.07. The number of hydrogen-bond donors (Lipinski definition) is 1. The first kappa shape index (κ1) is 11.8. The van der Waals surface area contributed by atoms with Crippen LogP contribution in [0.1, 0.15) is 5.56 Å². The van der Waals surface area contributed by atoms with Crippen molar-refractivity contribution in [2.24, 2.45) is 0 Å². The summed E-state index contributed by atoms with van der Waals surface area (Å²) in [5.74, 6) is 0.462. The van der Waals surface area contributed by atoms with Crippen molar-refractivity contribution in [2.75, 3.05) is 5.73 Å². The van der Waals surface area contributed by atoms with Crippen molar-refractivity contribution >= 4 is 11.4 Å². The Hall–Kier alpha value is -2.63. The fourth-order valence-corrected chi connectivity index (χ4v) is 1.43. The minimum Gasteiger partial charge on any atom is -0.485 e. The van der Waals surface area contributed by atoms with E-state index < -0.39 is 4.92 Å². The van der Waals surface area contributed by atoms with Crippen LogP contribution in [0.3, 0.4) is 0 Å². The van der Waals surface area contributed by atoms with Crippen molar-refractivity contribution in [1.29, 1.82) is 0 Å². The predicted molar refractivity (Wildman–Crippen MR) is 66.1 cm³/mol. The summed E-state index contributed by atoms with van der Waals surface area (Å²) < 4.78 is 5.45. The minimum absolute atomic E-state index is 0.0373. The molecule has 0 saturated carbocycles. The maximum Gasteiger partial charge on any atom is 0.269 e. The Morgan fingerprint density at radius 1 is 1.39 bits per heavy atom. The lowest BCUT2D eigenvalue weighted by Crippen LogP contribution is -1.99. The summed E-state index contributed by atoms with van der Waals surface area (Å²) in [6.45, 7) is 0.206. The molecule has 2 N–H and O–H groups in total. The number of benzene rings is 1. The molecule has 6 heteroatoms. The number of aromatic nitrogens is 1. The van der Waals surface area contributed by atoms with Gasteiger partial charge in [-0.25, -0.2) is 0 Å². The van der Waals surface area contributed by atoms with Crippen molar-refractivity contribution in [2.45, 2.75) is 6.61 Å². The highest BCUT2D eigenvalue weighted by atomic mass is 16.6. The molecule has 2 aromatic rings. The molecule has 0 atom stereocenters. The van der Waals surface area contributed by atoms with Gasteiger partial charge in [0.1, 0.15) is 6.61 Å². The van der Waals surface area contributed by atoms with E-state index in [1.165, 1.54) is 18.3 Å². The molecule has 0 saturated heterocycles. The van der Waals surface area contributed by atoms with Crippen molar-refractivity contribution in [3.63, 3.8) is 0 Å². The molecule has 0 aliphatic carbocycles. The molecule has 2 rings (SSSR count). The van der Waals surface area contributed by atoms with Gasteiger partial charge < -0.3 is 10.5 Å². The molecule has 1 heterocycles. The van der Waals surface area contributed by atoms with E-state index in [0.29, 0.717) is 17.0 Å². The summed E-state index contributed by atoms with van der Waals surface area (Å²) >= 11 is 0. The number of hydrogen-bond acceptors (Lipinski definition) is 5. The number of anilines is 1. The highest BCUT2D eigenvalue weighted by Gasteiger charge is 2.06. The molecular formula is C12H11N3O3. The maximum absolute atomic E-state index is 10.6. The monoisotopic (exact) mass is 245 g/mol. The Morgan fingerprint density at radius 3 is 2.94 bits per heavy atom. The Bertz CT molecular complexity index is 572. The number of nitro benzene ring substituents is 1. The molecule has 0 fully saturated rings. The number of non-ortho nitro benzene ring substituents is 1. The van der Waals surface area contributed by atoms with Crippen LogP contribution in [0.25, 0.3) is 0 Å². The van der Waals surface area contributed by atoms with E-state index in [0.717, 1.165) is 0 Å². The standard InChI is InChI=1S/C12H11N3O3/c13-11-4-5-14-7-12(11)18-8-9-2-1-3-10(6-9)15(16)17/h1-7H,8H2,(H2,13,14). The number of nitrogens with two attached hydrogens (primary N) is 1. The van der Waals surface area contributed by atoms with Gasteiger partial charge in [0, 0.05) is 18.3 Å². The van der Waals surface area contributed by atoms with Crippen molar-refractivity contribution in [1.82, 2.24) is 4.98 Å². The quantitative estimate of drug-likeness (QED) is 0.658. The predicted octanol–water partition coefficient (Wildman–Crippen LogP) is 2.15. The van der Waals surface area contributed by atoms with E-state index in [1.54, 1.807) is 24.4 Å². The molecule has 6 nitrogen and oxygen atoms in total. The van der Waals surface area contributed by atoms with E-state index >= 15 is 0 Å². The third-order valence-electron chi connectivity index (χ3n) is 2.33. The molecular weight excluding hydrogens is 234 g/mol. The number of rotatable bonds is 4. The van der Waals surface area contributed by atoms with E-state index in [1.807, 2.05) is 0 Å². The van der Waals surface area contributed by atoms with Crippen LogP contribution < -0.4 is 10.5 Å². The number of nitrogens with zero attached hydrogens (tertiary/aromatic N) is 2. The number of nitrogen functional groups attached to an aromatic ring is 1. The van der Waals surface area contributed by atoms with Crippen LogP contribution in [0.2, 0.25) is 0 Å². The van der Waals surface area contributed by atoms with Gasteiger partial charge in [0.2, 0.25) is 0 Å². The smallest absolute Gasteiger partial charge is 0.269 e. The van der Waals surface area contributed by atoms with Gasteiger partial charge in [-0.3, -0.25) is 15.1 Å². The molecule has 0 unspecified atom stereocenters. The van der Waals surface area contributed by atoms with Gasteiger partial charge in [-0.15, -0.1) is 0 Å². The topological polar surface area (TPSA) is 91.3 Å². The first-order chi connectivity index (χ1) is 8.66. The van der Waals surface area contributed by atoms with Crippen LogP contribution in [-0.2, 0) is 6.61 Å². The van der Waals surface area contributed by atoms with Crippen LogP contribution >= 0.6 is 0 Å². The molecule has 92 valence electrons. The van der Waals surface area contributed by atoms with Gasteiger partial charge in [-0.1, -0.05) is 12.1 Å². The Morgan fingerprint density at radius 2 is 2.22 bits per heavy atom. The maximum atomic E-state index is 10.6. The number of nitro groups is 1. The van der Waals surface area contributed by atoms with Gasteiger partial charge in [0.25, 0.3) is 5.69 Å². The molecule has 0 aliphatic rings. The van der Waals surface area contributed by atoms with Crippen molar-refractivity contribution in [3.8, 4) is 5.75 Å². The molecule has 1 aromatic heterocycles. The highest BCUT2D eigenvalue weighted by Crippen LogP contribution is 2.20. The zero-order chi connectivity index (χ0) is 13.0. The lowest BCUT2D eigenvalue weighted by molar-refractivity contribution is -0.384. The lowest BCUT2D eigenvalue weighted by atomic mass is 10.2. The minimum atomic E-state index is -0.443. The zero-order valence-electron chi connectivity index (χ0n) is 9.45. The molecule has 1 aromatic carbocycles. The third-order valence-corrected chi connectivity index (χ3v) is 2.33. The second-order valence-corrected chi connectivity index (χ2v) is 3.63. The summed E-state index contributed by atoms with van der Waals surface area (Å²) in [5.41, 5.74) is 6.91. The largest absolute Gasteiger partial charge is 0.485 e. The van der Waals surface area contributed by atoms with Crippen LogP contribution in [0.5, 0.6) is 5.75 Å². The molecule has 0 amide bonds. The van der Waals surface area contributed by atoms with Gasteiger partial charge in [-0.2, -0.15) is 0 Å². The fourth-order valence-electron chi connectivity index (χ4n) is 1.43. The fraction of sp³-hybridized carbons (Fsp3) is 0.0833. The highest BCUT2D eigenvalue weighted by molar-refractivity contribution is 5.50. The van der Waals surface area contributed by atoms with E-state index in [-0.39, 0.29) is 12.3 Å². The molecule has 0 bridgehead atoms. The number of ether oxygens (including phenoxy) is 1. The average Bonchev–Trinajstić information content (AvgIpc) is 2.38. The molecule has 0 spiro atoms. The van der Waals surface area contributed by atoms with Crippen LogP contribution in [0.15, 0.2) is 42.7 Å². The van der Waals surface area contributed by atoms with Gasteiger partial charge in [0.05, 0.1) is 16.8 Å². The normalized spacial score (nSPS) is 10.0. The van der Waals surface area contributed by atoms with Crippen molar-refractivity contribution < 1.29 is 9.66 Å². The first-order valence-corrected chi connectivity index (χ1v) is 5.22. The van der Waals surface area contributed by atoms with Crippen LogP contribution in [0, 0.1) is 10.1 Å². The van der Waals surface area contributed by atoms with Crippen molar-refractivity contribution in [3.05, 3.63) is 58.4 Å². The zero-order valence-corrected chi connectivity index (χ0v) is 9.45. The van der Waals surface area contributed by atoms with Gasteiger partial charge in [-0.05, 0) is 11.6 Å². The second kappa shape index (κ2) is 5.13. The summed E-state index contributed by atoms with van der Waals surface area (Å²) in [6.07, 6.45) is 3.07. The van der Waals surface area contributed by atoms with Crippen LogP contribution in [0.4, 0.5) is 11.4 Å². The van der Waals surface area contributed by atoms with Gasteiger partial charge in [0.15, 0.2) is 5.75 Å². The van der Waals surface area contributed by atoms with E-state index in [4.69, 9.17) is 10.5 Å². The summed E-state index contributed by atoms with van der Waals surface area (Å²) in [5, 5.41) is 10.6. The first-order valence-electron chi connectivity index (χ1n) is 5.22. The van der Waals surface area contributed by atoms with Crippen LogP contribution in [-0.4, -0.2) is 9.91 Å². The third kappa shape index (κ3) is 2.73. The number of pyridine rings is 1. The Balaban J connectivity index is 2.09. The summed E-state index contributed by atoms with van der Waals surface area (Å²) in [6, 6.07) is 7.89. The molecule has 18 heavy (non-hydrogen) atoms. The SMILES string of the molecule is Nc1ccncc1OCc1cccc([N+](=O)[O-])c1. The second-order valence-electron chi connectivity index (χ2n) is 3.63. The summed E-state index contributed by atoms with van der Waals surface area (Å²) in [7, 11) is 0. The molecule has 0 aliphatic heterocycles. The van der Waals surface area contributed by atoms with E-state index in [2.05, 4.69) is 4.98 Å². The van der Waals surface area contributed by atoms with E-state index in [9.17, 15) is 10.1 Å². The Kier molecular flexibility index (Phi) is 3.38. The Labute approximate surface area is 103 Å². The van der Waals surface area contributed by atoms with Gasteiger partial charge >= 0.3 is 0 Å². The average molecular weight is 245 g/mol.